The molecule has 0 saturated heterocycles. The van der Waals surface area contributed by atoms with E-state index >= 15 is 0 Å². The Morgan fingerprint density at radius 2 is 1.91 bits per heavy atom. The fourth-order valence-corrected chi connectivity index (χ4v) is 2.74. The van der Waals surface area contributed by atoms with Crippen LogP contribution in [0, 0.1) is 20.8 Å². The van der Waals surface area contributed by atoms with Crippen LogP contribution >= 0.6 is 27.5 Å². The number of aryl methyl sites for hydroxylation is 2. The summed E-state index contributed by atoms with van der Waals surface area (Å²) in [6.45, 7) is 5.69. The van der Waals surface area contributed by atoms with E-state index in [1.54, 1.807) is 0 Å². The summed E-state index contributed by atoms with van der Waals surface area (Å²) in [4.78, 5) is 12.0. The van der Waals surface area contributed by atoms with E-state index in [1.807, 2.05) is 51.1 Å². The molecule has 0 aromatic heterocycles. The van der Waals surface area contributed by atoms with Gasteiger partial charge >= 0.3 is 0 Å². The van der Waals surface area contributed by atoms with E-state index in [-0.39, 0.29) is 12.5 Å². The topological polar surface area (TPSA) is 38.3 Å². The third-order valence-electron chi connectivity index (χ3n) is 3.35. The number of carbonyl (C=O) groups excluding carboxylic acids is 1. The number of para-hydroxylation sites is 1. The Morgan fingerprint density at radius 1 is 1.23 bits per heavy atom. The van der Waals surface area contributed by atoms with Gasteiger partial charge in [-0.3, -0.25) is 4.79 Å². The monoisotopic (exact) mass is 381 g/mol. The third kappa shape index (κ3) is 3.81. The SMILES string of the molecule is Cc1ccccc1NC(=O)COc1cc(C)c(Cl)c(C)c1Br. The minimum atomic E-state index is -0.202. The number of hydrogen-bond acceptors (Lipinski definition) is 2. The normalized spacial score (nSPS) is 10.4. The van der Waals surface area contributed by atoms with Crippen LogP contribution in [0.3, 0.4) is 0 Å². The van der Waals surface area contributed by atoms with Crippen molar-refractivity contribution in [1.82, 2.24) is 0 Å². The average Bonchev–Trinajstić information content (AvgIpc) is 2.50. The molecule has 2 aromatic rings. The van der Waals surface area contributed by atoms with Crippen molar-refractivity contribution in [2.45, 2.75) is 20.8 Å². The van der Waals surface area contributed by atoms with E-state index in [0.29, 0.717) is 10.8 Å². The van der Waals surface area contributed by atoms with Crippen LogP contribution in [0.2, 0.25) is 5.02 Å². The summed E-state index contributed by atoms with van der Waals surface area (Å²) in [7, 11) is 0. The maximum Gasteiger partial charge on any atom is 0.262 e. The van der Waals surface area contributed by atoms with Crippen molar-refractivity contribution in [2.75, 3.05) is 11.9 Å². The number of halogens is 2. The Kier molecular flexibility index (Phi) is 5.48. The van der Waals surface area contributed by atoms with Crippen molar-refractivity contribution in [3.63, 3.8) is 0 Å². The maximum atomic E-state index is 12.0. The molecule has 0 bridgehead atoms. The minimum Gasteiger partial charge on any atom is -0.483 e. The third-order valence-corrected chi connectivity index (χ3v) is 4.91. The van der Waals surface area contributed by atoms with Crippen LogP contribution in [0.15, 0.2) is 34.8 Å². The molecule has 0 heterocycles. The Labute approximate surface area is 143 Å². The second kappa shape index (κ2) is 7.16. The number of anilines is 1. The molecule has 0 fully saturated rings. The highest BCUT2D eigenvalue weighted by atomic mass is 79.9. The summed E-state index contributed by atoms with van der Waals surface area (Å²) >= 11 is 9.63. The van der Waals surface area contributed by atoms with Gasteiger partial charge in [0, 0.05) is 10.7 Å². The van der Waals surface area contributed by atoms with Crippen molar-refractivity contribution >= 4 is 39.1 Å². The van der Waals surface area contributed by atoms with Gasteiger partial charge in [0.15, 0.2) is 6.61 Å². The van der Waals surface area contributed by atoms with E-state index in [2.05, 4.69) is 21.2 Å². The Morgan fingerprint density at radius 3 is 2.59 bits per heavy atom. The number of carbonyl (C=O) groups is 1. The number of amides is 1. The van der Waals surface area contributed by atoms with Crippen molar-refractivity contribution in [3.8, 4) is 5.75 Å². The first-order valence-corrected chi connectivity index (χ1v) is 8.00. The number of hydrogen-bond donors (Lipinski definition) is 1. The zero-order valence-electron chi connectivity index (χ0n) is 12.7. The Hall–Kier alpha value is -1.52. The van der Waals surface area contributed by atoms with Gasteiger partial charge in [0.2, 0.25) is 0 Å². The molecule has 0 aliphatic rings. The van der Waals surface area contributed by atoms with Crippen LogP contribution < -0.4 is 10.1 Å². The summed E-state index contributed by atoms with van der Waals surface area (Å²) < 4.78 is 6.38. The zero-order valence-corrected chi connectivity index (χ0v) is 15.0. The molecule has 0 aliphatic heterocycles. The van der Waals surface area contributed by atoms with Crippen molar-refractivity contribution < 1.29 is 9.53 Å². The highest BCUT2D eigenvalue weighted by Gasteiger charge is 2.12. The van der Waals surface area contributed by atoms with Crippen LogP contribution in [0.4, 0.5) is 5.69 Å². The number of benzene rings is 2. The van der Waals surface area contributed by atoms with Gasteiger partial charge in [-0.15, -0.1) is 0 Å². The van der Waals surface area contributed by atoms with E-state index < -0.39 is 0 Å². The molecule has 2 aromatic carbocycles. The molecular weight excluding hydrogens is 366 g/mol. The average molecular weight is 383 g/mol. The molecule has 0 atom stereocenters. The lowest BCUT2D eigenvalue weighted by atomic mass is 10.1. The first-order chi connectivity index (χ1) is 10.4. The molecule has 1 N–H and O–H groups in total. The predicted molar refractivity (Wildman–Crippen MR) is 93.9 cm³/mol. The molecule has 0 radical (unpaired) electrons. The van der Waals surface area contributed by atoms with Crippen LogP contribution in [0.5, 0.6) is 5.75 Å². The predicted octanol–water partition coefficient (Wildman–Crippen LogP) is 5.05. The molecule has 0 aliphatic carbocycles. The van der Waals surface area contributed by atoms with E-state index in [9.17, 15) is 4.79 Å². The minimum absolute atomic E-state index is 0.0621. The highest BCUT2D eigenvalue weighted by Crippen LogP contribution is 2.35. The molecule has 5 heteroatoms. The molecule has 0 spiro atoms. The fourth-order valence-electron chi connectivity index (χ4n) is 2.05. The summed E-state index contributed by atoms with van der Waals surface area (Å²) in [6.07, 6.45) is 0. The number of nitrogens with one attached hydrogen (secondary N) is 1. The van der Waals surface area contributed by atoms with Gasteiger partial charge in [-0.25, -0.2) is 0 Å². The molecule has 0 saturated carbocycles. The first kappa shape index (κ1) is 16.8. The van der Waals surface area contributed by atoms with Gasteiger partial charge in [-0.1, -0.05) is 29.8 Å². The standard InChI is InChI=1S/C17H17BrClNO2/c1-10-6-4-5-7-13(10)20-15(21)9-22-14-8-11(2)17(19)12(3)16(14)18/h4-8H,9H2,1-3H3,(H,20,21). The summed E-state index contributed by atoms with van der Waals surface area (Å²) in [6, 6.07) is 9.43. The molecule has 116 valence electrons. The van der Waals surface area contributed by atoms with Gasteiger partial charge in [-0.05, 0) is 65.5 Å². The Balaban J connectivity index is 2.05. The molecule has 0 unspecified atom stereocenters. The molecule has 1 amide bonds. The second-order valence-electron chi connectivity index (χ2n) is 5.10. The smallest absolute Gasteiger partial charge is 0.262 e. The summed E-state index contributed by atoms with van der Waals surface area (Å²) in [5.41, 5.74) is 3.61. The summed E-state index contributed by atoms with van der Waals surface area (Å²) in [5.74, 6) is 0.408. The highest BCUT2D eigenvalue weighted by molar-refractivity contribution is 9.10. The number of ether oxygens (including phenoxy) is 1. The zero-order chi connectivity index (χ0) is 16.3. The number of rotatable bonds is 4. The maximum absolute atomic E-state index is 12.0. The largest absolute Gasteiger partial charge is 0.483 e. The molecule has 22 heavy (non-hydrogen) atoms. The van der Waals surface area contributed by atoms with Crippen molar-refractivity contribution in [1.29, 1.82) is 0 Å². The summed E-state index contributed by atoms with van der Waals surface area (Å²) in [5, 5.41) is 3.53. The second-order valence-corrected chi connectivity index (χ2v) is 6.27. The van der Waals surface area contributed by atoms with E-state index in [0.717, 1.165) is 26.9 Å². The fraction of sp³-hybridized carbons (Fsp3) is 0.235. The van der Waals surface area contributed by atoms with Crippen molar-refractivity contribution in [3.05, 3.63) is 56.5 Å². The first-order valence-electron chi connectivity index (χ1n) is 6.83. The lowest BCUT2D eigenvalue weighted by Crippen LogP contribution is -2.20. The van der Waals surface area contributed by atoms with Gasteiger partial charge in [0.25, 0.3) is 5.91 Å². The quantitative estimate of drug-likeness (QED) is 0.804. The van der Waals surface area contributed by atoms with Gasteiger partial charge in [-0.2, -0.15) is 0 Å². The van der Waals surface area contributed by atoms with Gasteiger partial charge < -0.3 is 10.1 Å². The van der Waals surface area contributed by atoms with Crippen LogP contribution in [-0.2, 0) is 4.79 Å². The van der Waals surface area contributed by atoms with Gasteiger partial charge in [0.05, 0.1) is 4.47 Å². The van der Waals surface area contributed by atoms with Crippen molar-refractivity contribution in [2.24, 2.45) is 0 Å². The van der Waals surface area contributed by atoms with E-state index in [1.165, 1.54) is 0 Å². The molecular formula is C17H17BrClNO2. The molecule has 2 rings (SSSR count). The lowest BCUT2D eigenvalue weighted by Gasteiger charge is -2.13. The van der Waals surface area contributed by atoms with Crippen LogP contribution in [0.1, 0.15) is 16.7 Å². The van der Waals surface area contributed by atoms with Crippen LogP contribution in [-0.4, -0.2) is 12.5 Å². The van der Waals surface area contributed by atoms with E-state index in [4.69, 9.17) is 16.3 Å². The van der Waals surface area contributed by atoms with Crippen LogP contribution in [0.25, 0.3) is 0 Å². The molecule has 3 nitrogen and oxygen atoms in total. The van der Waals surface area contributed by atoms with Gasteiger partial charge in [0.1, 0.15) is 5.75 Å². The lowest BCUT2D eigenvalue weighted by molar-refractivity contribution is -0.118. The Bertz CT molecular complexity index is 716.